The first-order valence-corrected chi connectivity index (χ1v) is 13.3. The van der Waals surface area contributed by atoms with Crippen molar-refractivity contribution in [2.45, 2.75) is 98.7 Å². The number of ether oxygens (including phenoxy) is 2. The number of carbonyl (C=O) groups is 2. The Balaban J connectivity index is 2.13. The Morgan fingerprint density at radius 2 is 1.11 bits per heavy atom. The number of unbranched alkanes of at least 4 members (excludes halogenated alkanes) is 2. The van der Waals surface area contributed by atoms with Crippen LogP contribution in [-0.2, 0) is 22.3 Å². The minimum absolute atomic E-state index is 0.00394. The van der Waals surface area contributed by atoms with Crippen LogP contribution < -0.4 is 0 Å². The fraction of sp³-hybridized carbons (Fsp3) is 0.548. The standard InChI is InChI=1S/C31H44O4/c1-7-9-11-24-13-17-26(18-14-24)30(32)34-28(21-22(3)4)29(23(5)6)35-31(33)27-19-15-25(16-20-27)12-10-8-2/h13-20,22-23,28-29H,7-12,21H2,1-6H3. The van der Waals surface area contributed by atoms with Crippen LogP contribution in [0.4, 0.5) is 0 Å². The summed E-state index contributed by atoms with van der Waals surface area (Å²) in [5.74, 6) is -0.478. The predicted octanol–water partition coefficient (Wildman–Crippen LogP) is 7.82. The molecule has 0 bridgehead atoms. The third kappa shape index (κ3) is 9.51. The van der Waals surface area contributed by atoms with Gasteiger partial charge in [0.25, 0.3) is 0 Å². The van der Waals surface area contributed by atoms with Crippen LogP contribution in [-0.4, -0.2) is 24.1 Å². The molecular weight excluding hydrogens is 436 g/mol. The summed E-state index contributed by atoms with van der Waals surface area (Å²) >= 11 is 0. The van der Waals surface area contributed by atoms with Gasteiger partial charge in [-0.3, -0.25) is 0 Å². The summed E-state index contributed by atoms with van der Waals surface area (Å²) in [5.41, 5.74) is 3.48. The van der Waals surface area contributed by atoms with Gasteiger partial charge in [-0.25, -0.2) is 9.59 Å². The van der Waals surface area contributed by atoms with E-state index in [9.17, 15) is 9.59 Å². The molecule has 192 valence electrons. The Labute approximate surface area is 212 Å². The van der Waals surface area contributed by atoms with Gasteiger partial charge in [-0.1, -0.05) is 78.6 Å². The van der Waals surface area contributed by atoms with Crippen molar-refractivity contribution in [1.82, 2.24) is 0 Å². The van der Waals surface area contributed by atoms with Crippen LogP contribution in [0.25, 0.3) is 0 Å². The molecule has 2 aromatic rings. The van der Waals surface area contributed by atoms with Crippen molar-refractivity contribution in [1.29, 1.82) is 0 Å². The molecule has 4 heteroatoms. The SMILES string of the molecule is CCCCc1ccc(C(=O)OC(CC(C)C)C(OC(=O)c2ccc(CCCC)cc2)C(C)C)cc1. The van der Waals surface area contributed by atoms with Crippen molar-refractivity contribution >= 4 is 11.9 Å². The zero-order chi connectivity index (χ0) is 25.8. The van der Waals surface area contributed by atoms with Gasteiger partial charge in [0.15, 0.2) is 0 Å². The molecule has 0 fully saturated rings. The predicted molar refractivity (Wildman–Crippen MR) is 143 cm³/mol. The van der Waals surface area contributed by atoms with Crippen molar-refractivity contribution < 1.29 is 19.1 Å². The van der Waals surface area contributed by atoms with Gasteiger partial charge >= 0.3 is 11.9 Å². The summed E-state index contributed by atoms with van der Waals surface area (Å²) in [6, 6.07) is 15.3. The molecule has 0 saturated carbocycles. The largest absolute Gasteiger partial charge is 0.455 e. The molecule has 2 rings (SSSR count). The molecule has 0 spiro atoms. The topological polar surface area (TPSA) is 52.6 Å². The maximum Gasteiger partial charge on any atom is 0.338 e. The number of carbonyl (C=O) groups excluding carboxylic acids is 2. The second-order valence-corrected chi connectivity index (χ2v) is 10.3. The van der Waals surface area contributed by atoms with E-state index in [0.29, 0.717) is 17.5 Å². The van der Waals surface area contributed by atoms with Crippen LogP contribution in [0.15, 0.2) is 48.5 Å². The second-order valence-electron chi connectivity index (χ2n) is 10.3. The number of esters is 2. The van der Waals surface area contributed by atoms with Crippen molar-refractivity contribution in [3.05, 3.63) is 70.8 Å². The average Bonchev–Trinajstić information content (AvgIpc) is 2.84. The lowest BCUT2D eigenvalue weighted by atomic mass is 9.94. The minimum Gasteiger partial charge on any atom is -0.455 e. The van der Waals surface area contributed by atoms with Gasteiger partial charge in [-0.15, -0.1) is 0 Å². The first kappa shape index (κ1) is 28.6. The van der Waals surface area contributed by atoms with Crippen LogP contribution in [0.2, 0.25) is 0 Å². The molecule has 0 aliphatic heterocycles. The third-order valence-electron chi connectivity index (χ3n) is 6.25. The number of benzene rings is 2. The normalized spacial score (nSPS) is 13.0. The quantitative estimate of drug-likeness (QED) is 0.259. The highest BCUT2D eigenvalue weighted by atomic mass is 16.6. The third-order valence-corrected chi connectivity index (χ3v) is 6.25. The van der Waals surface area contributed by atoms with Gasteiger partial charge in [0, 0.05) is 0 Å². The molecule has 4 nitrogen and oxygen atoms in total. The van der Waals surface area contributed by atoms with Crippen LogP contribution in [0, 0.1) is 11.8 Å². The molecule has 0 heterocycles. The van der Waals surface area contributed by atoms with E-state index in [0.717, 1.165) is 38.5 Å². The fourth-order valence-electron chi connectivity index (χ4n) is 4.13. The lowest BCUT2D eigenvalue weighted by molar-refractivity contribution is -0.0572. The maximum atomic E-state index is 13.0. The van der Waals surface area contributed by atoms with Crippen molar-refractivity contribution in [3.8, 4) is 0 Å². The van der Waals surface area contributed by atoms with E-state index in [1.54, 1.807) is 0 Å². The summed E-state index contributed by atoms with van der Waals surface area (Å²) in [4.78, 5) is 26.0. The maximum absolute atomic E-state index is 13.0. The smallest absolute Gasteiger partial charge is 0.338 e. The van der Waals surface area contributed by atoms with Crippen LogP contribution >= 0.6 is 0 Å². The molecule has 0 radical (unpaired) electrons. The van der Waals surface area contributed by atoms with Crippen LogP contribution in [0.5, 0.6) is 0 Å². The number of hydrogen-bond donors (Lipinski definition) is 0. The van der Waals surface area contributed by atoms with Gasteiger partial charge < -0.3 is 9.47 Å². The van der Waals surface area contributed by atoms with E-state index < -0.39 is 12.2 Å². The minimum atomic E-state index is -0.530. The Hall–Kier alpha value is -2.62. The molecule has 2 aromatic carbocycles. The molecule has 2 unspecified atom stereocenters. The summed E-state index contributed by atoms with van der Waals surface area (Å²) in [6.45, 7) is 12.5. The Morgan fingerprint density at radius 1 is 0.686 bits per heavy atom. The highest BCUT2D eigenvalue weighted by Crippen LogP contribution is 2.24. The molecule has 0 amide bonds. The van der Waals surface area contributed by atoms with E-state index in [1.165, 1.54) is 11.1 Å². The first-order valence-electron chi connectivity index (χ1n) is 13.3. The van der Waals surface area contributed by atoms with Gasteiger partial charge in [0.1, 0.15) is 12.2 Å². The van der Waals surface area contributed by atoms with E-state index in [4.69, 9.17) is 9.47 Å². The molecule has 2 atom stereocenters. The molecule has 35 heavy (non-hydrogen) atoms. The number of aryl methyl sites for hydroxylation is 2. The molecule has 0 aliphatic rings. The van der Waals surface area contributed by atoms with Crippen LogP contribution in [0.1, 0.15) is 105 Å². The lowest BCUT2D eigenvalue weighted by Gasteiger charge is -2.31. The summed E-state index contributed by atoms with van der Waals surface area (Å²) in [6.07, 6.45) is 6.11. The lowest BCUT2D eigenvalue weighted by Crippen LogP contribution is -2.40. The second kappa shape index (κ2) is 14.7. The van der Waals surface area contributed by atoms with Gasteiger partial charge in [0.05, 0.1) is 11.1 Å². The molecule has 0 N–H and O–H groups in total. The van der Waals surface area contributed by atoms with Crippen molar-refractivity contribution in [3.63, 3.8) is 0 Å². The summed E-state index contributed by atoms with van der Waals surface area (Å²) in [5, 5.41) is 0. The number of rotatable bonds is 14. The highest BCUT2D eigenvalue weighted by molar-refractivity contribution is 5.90. The summed E-state index contributed by atoms with van der Waals surface area (Å²) < 4.78 is 11.9. The van der Waals surface area contributed by atoms with E-state index in [1.807, 2.05) is 62.4 Å². The van der Waals surface area contributed by atoms with Gasteiger partial charge in [-0.2, -0.15) is 0 Å². The average molecular weight is 481 g/mol. The van der Waals surface area contributed by atoms with E-state index in [2.05, 4.69) is 27.7 Å². The van der Waals surface area contributed by atoms with Crippen LogP contribution in [0.3, 0.4) is 0 Å². The Bertz CT molecular complexity index is 897. The highest BCUT2D eigenvalue weighted by Gasteiger charge is 2.32. The van der Waals surface area contributed by atoms with Crippen molar-refractivity contribution in [2.75, 3.05) is 0 Å². The zero-order valence-corrected chi connectivity index (χ0v) is 22.5. The van der Waals surface area contributed by atoms with E-state index in [-0.39, 0.29) is 23.8 Å². The molecule has 0 aromatic heterocycles. The Morgan fingerprint density at radius 3 is 1.49 bits per heavy atom. The molecule has 0 aliphatic carbocycles. The fourth-order valence-corrected chi connectivity index (χ4v) is 4.13. The monoisotopic (exact) mass is 480 g/mol. The summed E-state index contributed by atoms with van der Waals surface area (Å²) in [7, 11) is 0. The Kier molecular flexibility index (Phi) is 12.0. The molecular formula is C31H44O4. The zero-order valence-electron chi connectivity index (χ0n) is 22.5. The van der Waals surface area contributed by atoms with Gasteiger partial charge in [-0.05, 0) is 79.3 Å². The van der Waals surface area contributed by atoms with Gasteiger partial charge in [0.2, 0.25) is 0 Å². The number of hydrogen-bond acceptors (Lipinski definition) is 4. The molecule has 0 saturated heterocycles. The van der Waals surface area contributed by atoms with Crippen molar-refractivity contribution in [2.24, 2.45) is 11.8 Å². The van der Waals surface area contributed by atoms with E-state index >= 15 is 0 Å². The first-order chi connectivity index (χ1) is 16.7.